The van der Waals surface area contributed by atoms with Crippen molar-refractivity contribution in [3.8, 4) is 0 Å². The number of rotatable bonds is 6. The predicted octanol–water partition coefficient (Wildman–Crippen LogP) is 3.82. The Hall–Kier alpha value is -2.69. The van der Waals surface area contributed by atoms with Gasteiger partial charge in [-0.05, 0) is 50.3 Å². The first-order valence-corrected chi connectivity index (χ1v) is 9.92. The molecule has 3 rings (SSSR count). The summed E-state index contributed by atoms with van der Waals surface area (Å²) >= 11 is 0. The highest BCUT2D eigenvalue weighted by molar-refractivity contribution is 5.94. The maximum Gasteiger partial charge on any atom is 0.256 e. The first kappa shape index (κ1) is 20.1. The number of piperidine rings is 1. The second-order valence-corrected chi connectivity index (χ2v) is 7.48. The number of likely N-dealkylation sites (tertiary alicyclic amines) is 1. The van der Waals surface area contributed by atoms with Crippen molar-refractivity contribution in [3.63, 3.8) is 0 Å². The topological polar surface area (TPSA) is 49.4 Å². The van der Waals surface area contributed by atoms with Crippen molar-refractivity contribution in [1.82, 2.24) is 10.2 Å². The summed E-state index contributed by atoms with van der Waals surface area (Å²) in [5.74, 6) is -0.838. The van der Waals surface area contributed by atoms with E-state index < -0.39 is 5.82 Å². The van der Waals surface area contributed by atoms with Crippen molar-refractivity contribution < 1.29 is 14.0 Å². The van der Waals surface area contributed by atoms with E-state index in [0.717, 1.165) is 12.8 Å². The zero-order chi connectivity index (χ0) is 19.9. The number of halogens is 1. The van der Waals surface area contributed by atoms with E-state index in [1.54, 1.807) is 17.0 Å². The van der Waals surface area contributed by atoms with Crippen molar-refractivity contribution >= 4 is 11.8 Å². The van der Waals surface area contributed by atoms with Crippen LogP contribution in [-0.4, -0.2) is 35.8 Å². The monoisotopic (exact) mass is 382 g/mol. The van der Waals surface area contributed by atoms with E-state index in [1.807, 2.05) is 25.1 Å². The summed E-state index contributed by atoms with van der Waals surface area (Å²) in [6.07, 6.45) is 3.03. The van der Waals surface area contributed by atoms with Crippen molar-refractivity contribution in [1.29, 1.82) is 0 Å². The average Bonchev–Trinajstić information content (AvgIpc) is 2.73. The highest BCUT2D eigenvalue weighted by Crippen LogP contribution is 2.20. The molecule has 1 saturated heterocycles. The Morgan fingerprint density at radius 2 is 1.71 bits per heavy atom. The molecule has 1 heterocycles. The maximum absolute atomic E-state index is 13.8. The van der Waals surface area contributed by atoms with E-state index in [4.69, 9.17) is 0 Å². The molecule has 5 heteroatoms. The lowest BCUT2D eigenvalue weighted by molar-refractivity contribution is -0.126. The molecule has 1 N–H and O–H groups in total. The van der Waals surface area contributed by atoms with Gasteiger partial charge in [0.25, 0.3) is 5.91 Å². The fourth-order valence-electron chi connectivity index (χ4n) is 3.61. The molecule has 0 aromatic heterocycles. The molecule has 0 bridgehead atoms. The number of hydrogen-bond donors (Lipinski definition) is 1. The molecular weight excluding hydrogens is 355 g/mol. The zero-order valence-corrected chi connectivity index (χ0v) is 16.2. The van der Waals surface area contributed by atoms with Crippen LogP contribution in [0.3, 0.4) is 0 Å². The fraction of sp³-hybridized carbons (Fsp3) is 0.391. The van der Waals surface area contributed by atoms with Crippen LogP contribution >= 0.6 is 0 Å². The largest absolute Gasteiger partial charge is 0.353 e. The fourth-order valence-corrected chi connectivity index (χ4v) is 3.61. The summed E-state index contributed by atoms with van der Waals surface area (Å²) in [5.41, 5.74) is 1.36. The van der Waals surface area contributed by atoms with Crippen molar-refractivity contribution in [3.05, 3.63) is 71.5 Å². The lowest BCUT2D eigenvalue weighted by Crippen LogP contribution is -2.45. The molecule has 0 spiro atoms. The van der Waals surface area contributed by atoms with Crippen LogP contribution in [0, 0.1) is 11.7 Å². The molecule has 0 radical (unpaired) electrons. The third-order valence-electron chi connectivity index (χ3n) is 5.35. The summed E-state index contributed by atoms with van der Waals surface area (Å²) in [6.45, 7) is 2.98. The molecule has 0 saturated carbocycles. The van der Waals surface area contributed by atoms with Crippen molar-refractivity contribution in [2.24, 2.45) is 5.92 Å². The first-order valence-electron chi connectivity index (χ1n) is 9.92. The molecule has 0 aliphatic carbocycles. The smallest absolute Gasteiger partial charge is 0.256 e. The molecular formula is C23H27FN2O2. The Morgan fingerprint density at radius 3 is 2.39 bits per heavy atom. The number of benzene rings is 2. The van der Waals surface area contributed by atoms with Crippen LogP contribution < -0.4 is 5.32 Å². The van der Waals surface area contributed by atoms with Gasteiger partial charge in [0.2, 0.25) is 5.91 Å². The summed E-state index contributed by atoms with van der Waals surface area (Å²) in [7, 11) is 0. The summed E-state index contributed by atoms with van der Waals surface area (Å²) in [4.78, 5) is 26.7. The maximum atomic E-state index is 13.8. The normalized spacial score (nSPS) is 15.9. The number of carbonyl (C=O) groups is 2. The lowest BCUT2D eigenvalue weighted by Gasteiger charge is -2.32. The highest BCUT2D eigenvalue weighted by atomic mass is 19.1. The van der Waals surface area contributed by atoms with Crippen LogP contribution in [0.25, 0.3) is 0 Å². The van der Waals surface area contributed by atoms with Gasteiger partial charge in [0.05, 0.1) is 5.56 Å². The third kappa shape index (κ3) is 5.18. The average molecular weight is 382 g/mol. The number of nitrogens with zero attached hydrogens (tertiary/aromatic N) is 1. The van der Waals surface area contributed by atoms with Crippen LogP contribution in [0.2, 0.25) is 0 Å². The Kier molecular flexibility index (Phi) is 6.80. The second-order valence-electron chi connectivity index (χ2n) is 7.48. The Morgan fingerprint density at radius 1 is 1.07 bits per heavy atom. The van der Waals surface area contributed by atoms with Gasteiger partial charge in [-0.25, -0.2) is 4.39 Å². The quantitative estimate of drug-likeness (QED) is 0.826. The molecule has 1 atom stereocenters. The van der Waals surface area contributed by atoms with Gasteiger partial charge in [-0.3, -0.25) is 9.59 Å². The van der Waals surface area contributed by atoms with Crippen LogP contribution in [-0.2, 0) is 11.2 Å². The molecule has 4 nitrogen and oxygen atoms in total. The summed E-state index contributed by atoms with van der Waals surface area (Å²) < 4.78 is 13.8. The van der Waals surface area contributed by atoms with Crippen LogP contribution in [0.5, 0.6) is 0 Å². The third-order valence-corrected chi connectivity index (χ3v) is 5.35. The van der Waals surface area contributed by atoms with Crippen LogP contribution in [0.1, 0.15) is 42.1 Å². The molecule has 1 fully saturated rings. The number of carbonyl (C=O) groups excluding carboxylic acids is 2. The van der Waals surface area contributed by atoms with Gasteiger partial charge >= 0.3 is 0 Å². The number of aryl methyl sites for hydroxylation is 1. The summed E-state index contributed by atoms with van der Waals surface area (Å²) in [5, 5.41) is 3.10. The zero-order valence-electron chi connectivity index (χ0n) is 16.2. The molecule has 2 aromatic rings. The van der Waals surface area contributed by atoms with Gasteiger partial charge in [-0.15, -0.1) is 0 Å². The van der Waals surface area contributed by atoms with Gasteiger partial charge < -0.3 is 10.2 Å². The van der Waals surface area contributed by atoms with E-state index in [1.165, 1.54) is 17.7 Å². The number of amides is 2. The number of nitrogens with one attached hydrogen (secondary N) is 1. The van der Waals surface area contributed by atoms with Gasteiger partial charge in [0, 0.05) is 25.0 Å². The van der Waals surface area contributed by atoms with E-state index in [0.29, 0.717) is 25.9 Å². The minimum absolute atomic E-state index is 0.0542. The molecule has 1 aliphatic heterocycles. The molecule has 1 aliphatic rings. The van der Waals surface area contributed by atoms with E-state index >= 15 is 0 Å². The molecule has 2 amide bonds. The van der Waals surface area contributed by atoms with Gasteiger partial charge in [0.1, 0.15) is 5.82 Å². The van der Waals surface area contributed by atoms with Crippen LogP contribution in [0.4, 0.5) is 4.39 Å². The lowest BCUT2D eigenvalue weighted by atomic mass is 9.94. The van der Waals surface area contributed by atoms with Crippen molar-refractivity contribution in [2.45, 2.75) is 38.6 Å². The Bertz CT molecular complexity index is 801. The molecule has 28 heavy (non-hydrogen) atoms. The highest BCUT2D eigenvalue weighted by Gasteiger charge is 2.29. The van der Waals surface area contributed by atoms with Crippen LogP contribution in [0.15, 0.2) is 54.6 Å². The predicted molar refractivity (Wildman–Crippen MR) is 107 cm³/mol. The first-order chi connectivity index (χ1) is 13.5. The van der Waals surface area contributed by atoms with E-state index in [2.05, 4.69) is 17.4 Å². The van der Waals surface area contributed by atoms with Gasteiger partial charge in [-0.2, -0.15) is 0 Å². The molecule has 0 unspecified atom stereocenters. The van der Waals surface area contributed by atoms with Gasteiger partial charge in [-0.1, -0.05) is 42.5 Å². The Balaban J connectivity index is 1.44. The minimum Gasteiger partial charge on any atom is -0.353 e. The Labute approximate surface area is 165 Å². The summed E-state index contributed by atoms with van der Waals surface area (Å²) in [6, 6.07) is 16.4. The SMILES string of the molecule is C[C@@H](CCc1ccccc1)NC(=O)C1CCN(C(=O)c2ccccc2F)CC1. The van der Waals surface area contributed by atoms with Crippen molar-refractivity contribution in [2.75, 3.05) is 13.1 Å². The van der Waals surface area contributed by atoms with E-state index in [-0.39, 0.29) is 29.3 Å². The minimum atomic E-state index is -0.500. The second kappa shape index (κ2) is 9.49. The standard InChI is InChI=1S/C23H27FN2O2/c1-17(11-12-18-7-3-2-4-8-18)25-22(27)19-13-15-26(16-14-19)23(28)20-9-5-6-10-21(20)24/h2-10,17,19H,11-16H2,1H3,(H,25,27)/t17-/m0/s1. The number of hydrogen-bond acceptors (Lipinski definition) is 2. The van der Waals surface area contributed by atoms with Gasteiger partial charge in [0.15, 0.2) is 0 Å². The molecule has 148 valence electrons. The molecule has 2 aromatic carbocycles. The van der Waals surface area contributed by atoms with E-state index in [9.17, 15) is 14.0 Å².